The first-order valence-corrected chi connectivity index (χ1v) is 11.6. The molecule has 0 saturated carbocycles. The van der Waals surface area contributed by atoms with Crippen LogP contribution in [0.5, 0.6) is 0 Å². The van der Waals surface area contributed by atoms with Crippen LogP contribution in [0, 0.1) is 0 Å². The van der Waals surface area contributed by atoms with Gasteiger partial charge in [0.15, 0.2) is 0 Å². The highest BCUT2D eigenvalue weighted by Gasteiger charge is 2.29. The van der Waals surface area contributed by atoms with Gasteiger partial charge in [0.1, 0.15) is 12.6 Å². The Kier molecular flexibility index (Phi) is 7.62. The van der Waals surface area contributed by atoms with Crippen molar-refractivity contribution < 1.29 is 24.5 Å². The van der Waals surface area contributed by atoms with Crippen molar-refractivity contribution in [1.82, 2.24) is 5.32 Å². The molecule has 0 aromatic heterocycles. The number of carboxylic acid groups (broad SMARTS) is 1. The van der Waals surface area contributed by atoms with Crippen LogP contribution < -0.4 is 5.32 Å². The van der Waals surface area contributed by atoms with E-state index in [2.05, 4.69) is 17.4 Å². The summed E-state index contributed by atoms with van der Waals surface area (Å²) in [5, 5.41) is 21.6. The van der Waals surface area contributed by atoms with E-state index in [1.807, 2.05) is 36.4 Å². The molecule has 31 heavy (non-hydrogen) atoms. The SMILES string of the molecule is CC(C)(O)CCSCCC(NC(=O)OCC1c2ccccc2-c2ccccc21)C(=O)O. The Hall–Kier alpha value is -2.51. The first-order chi connectivity index (χ1) is 14.8. The normalized spacial score (nSPS) is 13.9. The third-order valence-corrected chi connectivity index (χ3v) is 6.36. The molecule has 2 aromatic rings. The number of fused-ring (bicyclic) bond motifs is 3. The lowest BCUT2D eigenvalue weighted by molar-refractivity contribution is -0.139. The Morgan fingerprint density at radius 1 is 1.06 bits per heavy atom. The summed E-state index contributed by atoms with van der Waals surface area (Å²) in [6.07, 6.45) is 0.182. The van der Waals surface area contributed by atoms with Gasteiger partial charge in [-0.15, -0.1) is 0 Å². The first-order valence-electron chi connectivity index (χ1n) is 10.4. The van der Waals surface area contributed by atoms with Crippen molar-refractivity contribution in [3.8, 4) is 11.1 Å². The van der Waals surface area contributed by atoms with Gasteiger partial charge in [0.2, 0.25) is 0 Å². The quantitative estimate of drug-likeness (QED) is 0.475. The molecular formula is C24H29NO5S. The zero-order valence-electron chi connectivity index (χ0n) is 17.8. The largest absolute Gasteiger partial charge is 0.480 e. The van der Waals surface area contributed by atoms with Gasteiger partial charge in [-0.05, 0) is 60.4 Å². The molecule has 6 nitrogen and oxygen atoms in total. The second-order valence-corrected chi connectivity index (χ2v) is 9.55. The molecule has 0 radical (unpaired) electrons. The standard InChI is InChI=1S/C24H29NO5S/c1-24(2,29)12-14-31-13-11-21(22(26)27)25-23(28)30-15-20-18-9-5-3-7-16(18)17-8-4-6-10-19(17)20/h3-10,20-21,29H,11-15H2,1-2H3,(H,25,28)(H,26,27). The minimum atomic E-state index is -1.09. The summed E-state index contributed by atoms with van der Waals surface area (Å²) in [5.41, 5.74) is 3.75. The Morgan fingerprint density at radius 3 is 2.19 bits per heavy atom. The number of carboxylic acids is 1. The molecule has 0 bridgehead atoms. The zero-order valence-corrected chi connectivity index (χ0v) is 18.7. The third-order valence-electron chi connectivity index (χ3n) is 5.34. The van der Waals surface area contributed by atoms with Crippen LogP contribution in [0.3, 0.4) is 0 Å². The van der Waals surface area contributed by atoms with Crippen LogP contribution in [0.15, 0.2) is 48.5 Å². The number of carbonyl (C=O) groups excluding carboxylic acids is 1. The second-order valence-electron chi connectivity index (χ2n) is 8.32. The molecule has 0 saturated heterocycles. The lowest BCUT2D eigenvalue weighted by Gasteiger charge is -2.18. The molecule has 0 spiro atoms. The minimum Gasteiger partial charge on any atom is -0.480 e. The van der Waals surface area contributed by atoms with E-state index in [-0.39, 0.29) is 18.9 Å². The van der Waals surface area contributed by atoms with Crippen molar-refractivity contribution in [3.63, 3.8) is 0 Å². The second kappa shape index (κ2) is 10.2. The molecule has 1 atom stereocenters. The Morgan fingerprint density at radius 2 is 1.65 bits per heavy atom. The number of aliphatic hydroxyl groups is 1. The van der Waals surface area contributed by atoms with Crippen molar-refractivity contribution in [1.29, 1.82) is 0 Å². The van der Waals surface area contributed by atoms with Crippen LogP contribution in [0.1, 0.15) is 43.7 Å². The number of aliphatic carboxylic acids is 1. The summed E-state index contributed by atoms with van der Waals surface area (Å²) < 4.78 is 5.44. The summed E-state index contributed by atoms with van der Waals surface area (Å²) in [6.45, 7) is 3.63. The molecule has 3 rings (SSSR count). The summed E-state index contributed by atoms with van der Waals surface area (Å²) >= 11 is 1.56. The van der Waals surface area contributed by atoms with Gasteiger partial charge in [-0.25, -0.2) is 9.59 Å². The van der Waals surface area contributed by atoms with Gasteiger partial charge < -0.3 is 20.3 Å². The molecule has 0 heterocycles. The van der Waals surface area contributed by atoms with E-state index in [4.69, 9.17) is 4.74 Å². The summed E-state index contributed by atoms with van der Waals surface area (Å²) in [6, 6.07) is 15.1. The number of rotatable bonds is 10. The molecular weight excluding hydrogens is 414 g/mol. The van der Waals surface area contributed by atoms with Crippen molar-refractivity contribution >= 4 is 23.8 Å². The maximum absolute atomic E-state index is 12.3. The van der Waals surface area contributed by atoms with E-state index in [1.165, 1.54) is 0 Å². The number of alkyl carbamates (subject to hydrolysis) is 1. The molecule has 3 N–H and O–H groups in total. The van der Waals surface area contributed by atoms with Crippen LogP contribution in [0.2, 0.25) is 0 Å². The van der Waals surface area contributed by atoms with Crippen LogP contribution in [-0.2, 0) is 9.53 Å². The summed E-state index contributed by atoms with van der Waals surface area (Å²) in [5.74, 6) is 0.132. The van der Waals surface area contributed by atoms with Gasteiger partial charge in [-0.3, -0.25) is 0 Å². The molecule has 0 aliphatic heterocycles. The number of hydrogen-bond acceptors (Lipinski definition) is 5. The first kappa shape index (κ1) is 23.2. The van der Waals surface area contributed by atoms with E-state index in [9.17, 15) is 19.8 Å². The number of amides is 1. The molecule has 166 valence electrons. The summed E-state index contributed by atoms with van der Waals surface area (Å²) in [4.78, 5) is 23.8. The van der Waals surface area contributed by atoms with Crippen LogP contribution in [-0.4, -0.2) is 52.0 Å². The highest BCUT2D eigenvalue weighted by molar-refractivity contribution is 7.99. The number of thioether (sulfide) groups is 1. The highest BCUT2D eigenvalue weighted by Crippen LogP contribution is 2.44. The Labute approximate surface area is 187 Å². The molecule has 1 aliphatic carbocycles. The van der Waals surface area contributed by atoms with Crippen molar-refractivity contribution in [3.05, 3.63) is 59.7 Å². The van der Waals surface area contributed by atoms with Crippen LogP contribution >= 0.6 is 11.8 Å². The average molecular weight is 444 g/mol. The number of carbonyl (C=O) groups is 2. The predicted octanol–water partition coefficient (Wildman–Crippen LogP) is 4.26. The topological polar surface area (TPSA) is 95.9 Å². The van der Waals surface area contributed by atoms with Crippen molar-refractivity contribution in [2.75, 3.05) is 18.1 Å². The van der Waals surface area contributed by atoms with Gasteiger partial charge in [0.25, 0.3) is 0 Å². The lowest BCUT2D eigenvalue weighted by atomic mass is 9.98. The monoisotopic (exact) mass is 443 g/mol. The van der Waals surface area contributed by atoms with E-state index >= 15 is 0 Å². The van der Waals surface area contributed by atoms with E-state index in [0.29, 0.717) is 12.2 Å². The summed E-state index contributed by atoms with van der Waals surface area (Å²) in [7, 11) is 0. The molecule has 7 heteroatoms. The predicted molar refractivity (Wildman–Crippen MR) is 122 cm³/mol. The minimum absolute atomic E-state index is 0.0705. The maximum Gasteiger partial charge on any atom is 0.407 e. The fourth-order valence-electron chi connectivity index (χ4n) is 3.66. The third kappa shape index (κ3) is 6.24. The molecule has 2 aromatic carbocycles. The molecule has 1 aliphatic rings. The van der Waals surface area contributed by atoms with Crippen molar-refractivity contribution in [2.45, 2.75) is 44.2 Å². The lowest BCUT2D eigenvalue weighted by Crippen LogP contribution is -2.41. The number of benzene rings is 2. The van der Waals surface area contributed by atoms with Crippen molar-refractivity contribution in [2.24, 2.45) is 0 Å². The zero-order chi connectivity index (χ0) is 22.4. The Bertz CT molecular complexity index is 879. The highest BCUT2D eigenvalue weighted by atomic mass is 32.2. The van der Waals surface area contributed by atoms with E-state index < -0.39 is 23.7 Å². The molecule has 1 unspecified atom stereocenters. The van der Waals surface area contributed by atoms with Crippen LogP contribution in [0.4, 0.5) is 4.79 Å². The van der Waals surface area contributed by atoms with Crippen LogP contribution in [0.25, 0.3) is 11.1 Å². The molecule has 1 amide bonds. The van der Waals surface area contributed by atoms with E-state index in [0.717, 1.165) is 28.0 Å². The van der Waals surface area contributed by atoms with Gasteiger partial charge >= 0.3 is 12.1 Å². The molecule has 0 fully saturated rings. The number of ether oxygens (including phenoxy) is 1. The van der Waals surface area contributed by atoms with Gasteiger partial charge in [-0.1, -0.05) is 48.5 Å². The fraction of sp³-hybridized carbons (Fsp3) is 0.417. The maximum atomic E-state index is 12.3. The van der Waals surface area contributed by atoms with Gasteiger partial charge in [0.05, 0.1) is 5.60 Å². The Balaban J connectivity index is 1.52. The number of hydrogen-bond donors (Lipinski definition) is 3. The van der Waals surface area contributed by atoms with E-state index in [1.54, 1.807) is 25.6 Å². The number of nitrogens with one attached hydrogen (secondary N) is 1. The van der Waals surface area contributed by atoms with Gasteiger partial charge in [-0.2, -0.15) is 11.8 Å². The average Bonchev–Trinajstić information content (AvgIpc) is 3.04. The fourth-order valence-corrected chi connectivity index (χ4v) is 4.92. The van der Waals surface area contributed by atoms with Gasteiger partial charge in [0, 0.05) is 5.92 Å². The smallest absolute Gasteiger partial charge is 0.407 e.